The fourth-order valence-electron chi connectivity index (χ4n) is 2.58. The van der Waals surface area contributed by atoms with Crippen molar-refractivity contribution >= 4 is 5.82 Å². The van der Waals surface area contributed by atoms with Crippen molar-refractivity contribution in [1.29, 1.82) is 0 Å². The maximum absolute atomic E-state index is 5.55. The van der Waals surface area contributed by atoms with Crippen molar-refractivity contribution in [2.24, 2.45) is 5.73 Å². The van der Waals surface area contributed by atoms with Gasteiger partial charge in [-0.2, -0.15) is 0 Å². The molecule has 1 saturated heterocycles. The van der Waals surface area contributed by atoms with Crippen LogP contribution in [0.5, 0.6) is 5.75 Å². The molecule has 1 aliphatic rings. The Morgan fingerprint density at radius 3 is 2.80 bits per heavy atom. The summed E-state index contributed by atoms with van der Waals surface area (Å²) in [7, 11) is 1.67. The van der Waals surface area contributed by atoms with E-state index in [9.17, 15) is 0 Å². The van der Waals surface area contributed by atoms with E-state index < -0.39 is 0 Å². The molecule has 20 heavy (non-hydrogen) atoms. The van der Waals surface area contributed by atoms with Gasteiger partial charge in [-0.3, -0.25) is 0 Å². The highest BCUT2D eigenvalue weighted by molar-refractivity contribution is 5.40. The number of nitrogens with zero attached hydrogens (tertiary/aromatic N) is 3. The predicted molar refractivity (Wildman–Crippen MR) is 82.3 cm³/mol. The smallest absolute Gasteiger partial charge is 0.137 e. The summed E-state index contributed by atoms with van der Waals surface area (Å²) >= 11 is 0. The average molecular weight is 278 g/mol. The lowest BCUT2D eigenvalue weighted by Gasteiger charge is -2.22. The molecule has 0 saturated carbocycles. The molecule has 0 radical (unpaired) electrons. The summed E-state index contributed by atoms with van der Waals surface area (Å²) < 4.78 is 5.15. The first kappa shape index (κ1) is 15.1. The van der Waals surface area contributed by atoms with Gasteiger partial charge < -0.3 is 20.3 Å². The van der Waals surface area contributed by atoms with Gasteiger partial charge in [-0.15, -0.1) is 0 Å². The second-order valence-corrected chi connectivity index (χ2v) is 5.23. The molecule has 0 atom stereocenters. The van der Waals surface area contributed by atoms with E-state index in [0.29, 0.717) is 0 Å². The zero-order valence-electron chi connectivity index (χ0n) is 12.4. The standard InChI is InChI=1S/C15H26N4O/c1-20-14-5-6-15(17-13-14)19-10-4-9-18(11-12-19)8-3-2-7-16/h5-6,13H,2-4,7-12,16H2,1H3. The van der Waals surface area contributed by atoms with Crippen molar-refractivity contribution in [1.82, 2.24) is 9.88 Å². The van der Waals surface area contributed by atoms with Crippen LogP contribution in [-0.4, -0.2) is 56.3 Å². The van der Waals surface area contributed by atoms with Crippen LogP contribution in [0.3, 0.4) is 0 Å². The van der Waals surface area contributed by atoms with E-state index in [1.54, 1.807) is 13.3 Å². The molecule has 2 N–H and O–H groups in total. The minimum absolute atomic E-state index is 0.801. The molecule has 2 rings (SSSR count). The quantitative estimate of drug-likeness (QED) is 0.796. The van der Waals surface area contributed by atoms with E-state index in [0.717, 1.165) is 44.2 Å². The first-order valence-electron chi connectivity index (χ1n) is 7.51. The molecule has 1 aliphatic heterocycles. The summed E-state index contributed by atoms with van der Waals surface area (Å²) in [5, 5.41) is 0. The third-order valence-electron chi connectivity index (χ3n) is 3.80. The first-order chi connectivity index (χ1) is 9.83. The molecule has 0 aromatic carbocycles. The fourth-order valence-corrected chi connectivity index (χ4v) is 2.58. The van der Waals surface area contributed by atoms with E-state index in [2.05, 4.69) is 14.8 Å². The van der Waals surface area contributed by atoms with Gasteiger partial charge in [-0.1, -0.05) is 0 Å². The summed E-state index contributed by atoms with van der Waals surface area (Å²) in [6.45, 7) is 6.38. The van der Waals surface area contributed by atoms with Gasteiger partial charge in [-0.05, 0) is 51.0 Å². The van der Waals surface area contributed by atoms with E-state index >= 15 is 0 Å². The van der Waals surface area contributed by atoms with E-state index in [4.69, 9.17) is 10.5 Å². The molecule has 5 nitrogen and oxygen atoms in total. The Hall–Kier alpha value is -1.33. The molecule has 0 spiro atoms. The van der Waals surface area contributed by atoms with Gasteiger partial charge in [0.1, 0.15) is 11.6 Å². The van der Waals surface area contributed by atoms with Crippen molar-refractivity contribution in [3.8, 4) is 5.75 Å². The highest BCUT2D eigenvalue weighted by Crippen LogP contribution is 2.17. The molecule has 2 heterocycles. The van der Waals surface area contributed by atoms with Gasteiger partial charge in [-0.25, -0.2) is 4.98 Å². The van der Waals surface area contributed by atoms with E-state index in [1.165, 1.54) is 25.9 Å². The fraction of sp³-hybridized carbons (Fsp3) is 0.667. The number of methoxy groups -OCH3 is 1. The van der Waals surface area contributed by atoms with Crippen LogP contribution >= 0.6 is 0 Å². The first-order valence-corrected chi connectivity index (χ1v) is 7.51. The number of aromatic nitrogens is 1. The van der Waals surface area contributed by atoms with Gasteiger partial charge in [0.05, 0.1) is 13.3 Å². The van der Waals surface area contributed by atoms with Crippen LogP contribution < -0.4 is 15.4 Å². The van der Waals surface area contributed by atoms with Crippen molar-refractivity contribution < 1.29 is 4.74 Å². The Balaban J connectivity index is 1.85. The summed E-state index contributed by atoms with van der Waals surface area (Å²) in [6.07, 6.45) is 5.31. The maximum atomic E-state index is 5.55. The summed E-state index contributed by atoms with van der Waals surface area (Å²) in [4.78, 5) is 9.39. The van der Waals surface area contributed by atoms with Crippen LogP contribution in [0.4, 0.5) is 5.82 Å². The predicted octanol–water partition coefficient (Wildman–Crippen LogP) is 1.34. The molecule has 0 amide bonds. The molecule has 0 aliphatic carbocycles. The lowest BCUT2D eigenvalue weighted by Crippen LogP contribution is -2.31. The van der Waals surface area contributed by atoms with Crippen molar-refractivity contribution in [3.63, 3.8) is 0 Å². The van der Waals surface area contributed by atoms with Gasteiger partial charge in [0.25, 0.3) is 0 Å². The Labute approximate surface area is 121 Å². The van der Waals surface area contributed by atoms with Crippen LogP contribution in [0, 0.1) is 0 Å². The highest BCUT2D eigenvalue weighted by atomic mass is 16.5. The van der Waals surface area contributed by atoms with Crippen molar-refractivity contribution in [2.75, 3.05) is 51.3 Å². The van der Waals surface area contributed by atoms with Crippen molar-refractivity contribution in [3.05, 3.63) is 18.3 Å². The van der Waals surface area contributed by atoms with Crippen LogP contribution in [0.15, 0.2) is 18.3 Å². The molecule has 112 valence electrons. The van der Waals surface area contributed by atoms with Crippen LogP contribution in [-0.2, 0) is 0 Å². The minimum Gasteiger partial charge on any atom is -0.495 e. The molecule has 0 bridgehead atoms. The van der Waals surface area contributed by atoms with Crippen molar-refractivity contribution in [2.45, 2.75) is 19.3 Å². The molecule has 1 aromatic rings. The van der Waals surface area contributed by atoms with E-state index in [-0.39, 0.29) is 0 Å². The number of ether oxygens (including phenoxy) is 1. The largest absolute Gasteiger partial charge is 0.495 e. The SMILES string of the molecule is COc1ccc(N2CCCN(CCCCN)CC2)nc1. The van der Waals surface area contributed by atoms with Gasteiger partial charge in [0.2, 0.25) is 0 Å². The average Bonchev–Trinajstić information content (AvgIpc) is 2.73. The van der Waals surface area contributed by atoms with Gasteiger partial charge in [0, 0.05) is 19.6 Å². The number of hydrogen-bond donors (Lipinski definition) is 1. The molecule has 1 aromatic heterocycles. The molecule has 5 heteroatoms. The summed E-state index contributed by atoms with van der Waals surface area (Å²) in [5.74, 6) is 1.86. The Bertz CT molecular complexity index is 382. The molecular formula is C15H26N4O. The number of anilines is 1. The van der Waals surface area contributed by atoms with Gasteiger partial charge >= 0.3 is 0 Å². The zero-order valence-corrected chi connectivity index (χ0v) is 12.4. The monoisotopic (exact) mass is 278 g/mol. The number of unbranched alkanes of at least 4 members (excludes halogenated alkanes) is 1. The number of hydrogen-bond acceptors (Lipinski definition) is 5. The number of rotatable bonds is 6. The topological polar surface area (TPSA) is 54.6 Å². The second kappa shape index (κ2) is 8.07. The Morgan fingerprint density at radius 2 is 2.10 bits per heavy atom. The highest BCUT2D eigenvalue weighted by Gasteiger charge is 2.15. The molecule has 1 fully saturated rings. The van der Waals surface area contributed by atoms with Crippen LogP contribution in [0.25, 0.3) is 0 Å². The number of pyridine rings is 1. The van der Waals surface area contributed by atoms with E-state index in [1.807, 2.05) is 12.1 Å². The minimum atomic E-state index is 0.801. The normalized spacial score (nSPS) is 17.0. The van der Waals surface area contributed by atoms with Gasteiger partial charge in [0.15, 0.2) is 0 Å². The van der Waals surface area contributed by atoms with Crippen LogP contribution in [0.2, 0.25) is 0 Å². The third-order valence-corrected chi connectivity index (χ3v) is 3.80. The Kier molecular flexibility index (Phi) is 6.08. The summed E-state index contributed by atoms with van der Waals surface area (Å²) in [6, 6.07) is 4.02. The maximum Gasteiger partial charge on any atom is 0.137 e. The molecule has 0 unspecified atom stereocenters. The zero-order chi connectivity index (χ0) is 14.2. The number of nitrogens with two attached hydrogens (primary N) is 1. The molecular weight excluding hydrogens is 252 g/mol. The Morgan fingerprint density at radius 1 is 1.20 bits per heavy atom. The lowest BCUT2D eigenvalue weighted by molar-refractivity contribution is 0.288. The third kappa shape index (κ3) is 4.35. The lowest BCUT2D eigenvalue weighted by atomic mass is 10.3. The second-order valence-electron chi connectivity index (χ2n) is 5.23. The summed E-state index contributed by atoms with van der Waals surface area (Å²) in [5.41, 5.74) is 5.55. The van der Waals surface area contributed by atoms with Crippen LogP contribution in [0.1, 0.15) is 19.3 Å².